The molecule has 4 aromatic carbocycles. The summed E-state index contributed by atoms with van der Waals surface area (Å²) >= 11 is 0. The van der Waals surface area contributed by atoms with Gasteiger partial charge in [-0.15, -0.1) is 0 Å². The smallest absolute Gasteiger partial charge is 0.406 e. The number of alkyl halides is 3. The number of piperidine rings is 1. The molecule has 5 N–H and O–H groups in total. The summed E-state index contributed by atoms with van der Waals surface area (Å²) in [4.78, 5) is 42.7. The lowest BCUT2D eigenvalue weighted by Crippen LogP contribution is -2.50. The number of fused-ring (bicyclic) bond motifs is 2. The van der Waals surface area contributed by atoms with E-state index >= 15 is 0 Å². The van der Waals surface area contributed by atoms with Crippen molar-refractivity contribution in [3.05, 3.63) is 113 Å². The van der Waals surface area contributed by atoms with Crippen LogP contribution in [0, 0.1) is 17.8 Å². The van der Waals surface area contributed by atoms with Crippen molar-refractivity contribution in [1.82, 2.24) is 25.4 Å². The number of likely N-dealkylation sites (tertiary alicyclic amines) is 1. The zero-order valence-corrected chi connectivity index (χ0v) is 41.4. The van der Waals surface area contributed by atoms with Crippen LogP contribution in [0.25, 0.3) is 10.9 Å². The maximum absolute atomic E-state index is 13.8. The second-order valence-corrected chi connectivity index (χ2v) is 18.8. The number of aromatic nitrogens is 1. The standard InChI is InChI=1S/C55H67F3N8O5/c1-37(2)52-54(69)61-28-23-40-19-21-44(33-49(40)65(52)4)71-35-39-17-15-38(16-18-39)34-62-51(67)14-7-6-8-26-60-53(68)41-20-22-47(50(31-41)70-5)59-27-10-11-43-32-45-46(63-42-24-29-64(3)30-25-42)12-9-13-48(45)66(43)36-55(56,57)58/h9,12-13,15-22,31-33,37,42,52,59,63H,6-8,14,23-30,34-36H2,1-5H3,(H,60,68)(H,61,69)(H,62,67). The molecule has 0 saturated carbocycles. The van der Waals surface area contributed by atoms with Crippen LogP contribution in [0.15, 0.2) is 84.9 Å². The van der Waals surface area contributed by atoms with E-state index in [9.17, 15) is 27.6 Å². The molecule has 2 aliphatic rings. The van der Waals surface area contributed by atoms with Crippen molar-refractivity contribution in [2.24, 2.45) is 5.92 Å². The Hall–Kier alpha value is -6.86. The topological polar surface area (TPSA) is 141 Å². The van der Waals surface area contributed by atoms with Crippen LogP contribution < -0.4 is 41.0 Å². The average Bonchev–Trinajstić information content (AvgIpc) is 3.69. The third-order valence-electron chi connectivity index (χ3n) is 13.1. The molecule has 1 saturated heterocycles. The van der Waals surface area contributed by atoms with Gasteiger partial charge in [-0.2, -0.15) is 13.2 Å². The van der Waals surface area contributed by atoms with Gasteiger partial charge in [0.25, 0.3) is 5.91 Å². The van der Waals surface area contributed by atoms with E-state index in [2.05, 4.69) is 75.2 Å². The van der Waals surface area contributed by atoms with Crippen LogP contribution in [-0.4, -0.2) is 99.4 Å². The first-order valence-electron chi connectivity index (χ1n) is 24.6. The Morgan fingerprint density at radius 2 is 1.68 bits per heavy atom. The van der Waals surface area contributed by atoms with Gasteiger partial charge in [0.05, 0.1) is 30.6 Å². The molecule has 0 aliphatic carbocycles. The first-order chi connectivity index (χ1) is 34.1. The Balaban J connectivity index is 0.809. The average molecular weight is 977 g/mol. The molecule has 13 nitrogen and oxygen atoms in total. The Labute approximate surface area is 415 Å². The highest BCUT2D eigenvalue weighted by Gasteiger charge is 2.31. The molecule has 2 aliphatic heterocycles. The van der Waals surface area contributed by atoms with Gasteiger partial charge in [0.1, 0.15) is 30.7 Å². The molecule has 1 fully saturated rings. The zero-order valence-electron chi connectivity index (χ0n) is 41.4. The fourth-order valence-electron chi connectivity index (χ4n) is 9.26. The van der Waals surface area contributed by atoms with Crippen LogP contribution in [0.1, 0.15) is 85.1 Å². The van der Waals surface area contributed by atoms with Crippen molar-refractivity contribution in [2.45, 2.75) is 96.7 Å². The largest absolute Gasteiger partial charge is 0.495 e. The van der Waals surface area contributed by atoms with Crippen molar-refractivity contribution >= 4 is 45.7 Å². The fraction of sp³-hybridized carbons (Fsp3) is 0.436. The number of unbranched alkanes of at least 4 members (excludes halogenated alkanes) is 2. The minimum absolute atomic E-state index is 0.0382. The predicted octanol–water partition coefficient (Wildman–Crippen LogP) is 8.50. The first-order valence-corrected chi connectivity index (χ1v) is 24.6. The number of carbonyl (C=O) groups excluding carboxylic acids is 3. The Morgan fingerprint density at radius 1 is 0.901 bits per heavy atom. The number of nitrogens with one attached hydrogen (secondary N) is 5. The number of methoxy groups -OCH3 is 1. The third kappa shape index (κ3) is 14.4. The molecule has 16 heteroatoms. The molecule has 71 heavy (non-hydrogen) atoms. The van der Waals surface area contributed by atoms with Gasteiger partial charge in [-0.1, -0.05) is 62.6 Å². The fourth-order valence-corrected chi connectivity index (χ4v) is 9.26. The summed E-state index contributed by atoms with van der Waals surface area (Å²) in [5.41, 5.74) is 6.68. The van der Waals surface area contributed by atoms with Crippen LogP contribution in [0.2, 0.25) is 0 Å². The highest BCUT2D eigenvalue weighted by molar-refractivity contribution is 5.95. The summed E-state index contributed by atoms with van der Waals surface area (Å²) in [6, 6.07) is 26.1. The van der Waals surface area contributed by atoms with Crippen molar-refractivity contribution in [3.8, 4) is 23.3 Å². The molecular weight excluding hydrogens is 910 g/mol. The zero-order chi connectivity index (χ0) is 50.5. The number of halogens is 3. The van der Waals surface area contributed by atoms with Crippen LogP contribution in [0.4, 0.5) is 30.2 Å². The quantitative estimate of drug-likeness (QED) is 0.0407. The van der Waals surface area contributed by atoms with Gasteiger partial charge < -0.3 is 50.4 Å². The Bertz CT molecular complexity index is 2680. The number of hydrogen-bond donors (Lipinski definition) is 5. The van der Waals surface area contributed by atoms with Crippen LogP contribution >= 0.6 is 0 Å². The molecule has 1 unspecified atom stereocenters. The second kappa shape index (κ2) is 24.3. The second-order valence-electron chi connectivity index (χ2n) is 18.8. The minimum atomic E-state index is -4.43. The number of amides is 3. The molecule has 5 aromatic rings. The van der Waals surface area contributed by atoms with Crippen molar-refractivity contribution in [2.75, 3.05) is 69.5 Å². The van der Waals surface area contributed by atoms with Gasteiger partial charge >= 0.3 is 6.18 Å². The number of nitrogens with zero attached hydrogens (tertiary/aromatic N) is 3. The number of ether oxygens (including phenoxy) is 2. The van der Waals surface area contributed by atoms with Crippen molar-refractivity contribution in [1.29, 1.82) is 0 Å². The third-order valence-corrected chi connectivity index (χ3v) is 13.1. The van der Waals surface area contributed by atoms with Crippen LogP contribution in [0.5, 0.6) is 11.5 Å². The van der Waals surface area contributed by atoms with Gasteiger partial charge in [0, 0.05) is 67.5 Å². The van der Waals surface area contributed by atoms with E-state index in [1.54, 1.807) is 36.4 Å². The van der Waals surface area contributed by atoms with E-state index < -0.39 is 12.7 Å². The molecule has 0 spiro atoms. The van der Waals surface area contributed by atoms with Gasteiger partial charge in [0.15, 0.2) is 0 Å². The highest BCUT2D eigenvalue weighted by Crippen LogP contribution is 2.33. The van der Waals surface area contributed by atoms with Gasteiger partial charge in [-0.05, 0) is 123 Å². The summed E-state index contributed by atoms with van der Waals surface area (Å²) < 4.78 is 54.3. The Kier molecular flexibility index (Phi) is 17.8. The van der Waals surface area contributed by atoms with Crippen molar-refractivity contribution in [3.63, 3.8) is 0 Å². The summed E-state index contributed by atoms with van der Waals surface area (Å²) in [5, 5.41) is 16.4. The van der Waals surface area contributed by atoms with E-state index in [1.807, 2.05) is 49.5 Å². The monoisotopic (exact) mass is 977 g/mol. The number of carbonyl (C=O) groups is 3. The lowest BCUT2D eigenvalue weighted by Gasteiger charge is -2.35. The molecule has 3 amide bonds. The maximum Gasteiger partial charge on any atom is 0.406 e. The normalized spacial score (nSPS) is 15.5. The minimum Gasteiger partial charge on any atom is -0.495 e. The van der Waals surface area contributed by atoms with Crippen LogP contribution in [0.3, 0.4) is 0 Å². The summed E-state index contributed by atoms with van der Waals surface area (Å²) in [5.74, 6) is 6.97. The lowest BCUT2D eigenvalue weighted by molar-refractivity contribution is -0.140. The lowest BCUT2D eigenvalue weighted by atomic mass is 9.97. The number of likely N-dealkylation sites (N-methyl/N-ethyl adjacent to an activating group) is 1. The first kappa shape index (κ1) is 52.0. The SMILES string of the molecule is COc1cc(C(=O)NCCCCCC(=O)NCc2ccc(COc3ccc4c(c3)N(C)C(C(C)C)C(=O)NCC4)cc2)ccc1NCC#Cc1cc2c(NC3CCN(C)CC3)cccc2n1CC(F)(F)F. The van der Waals surface area contributed by atoms with Gasteiger partial charge in [-0.25, -0.2) is 0 Å². The van der Waals surface area contributed by atoms with Gasteiger partial charge in [0.2, 0.25) is 11.8 Å². The molecule has 3 heterocycles. The Morgan fingerprint density at radius 3 is 2.42 bits per heavy atom. The van der Waals surface area contributed by atoms with Crippen LogP contribution in [-0.2, 0) is 35.7 Å². The number of anilines is 3. The number of benzene rings is 4. The number of hydrogen-bond acceptors (Lipinski definition) is 9. The summed E-state index contributed by atoms with van der Waals surface area (Å²) in [7, 11) is 5.54. The van der Waals surface area contributed by atoms with E-state index in [4.69, 9.17) is 9.47 Å². The van der Waals surface area contributed by atoms with E-state index in [0.717, 1.165) is 67.0 Å². The predicted molar refractivity (Wildman–Crippen MR) is 274 cm³/mol. The molecule has 378 valence electrons. The summed E-state index contributed by atoms with van der Waals surface area (Å²) in [6.45, 7) is 6.83. The molecular formula is C55H67F3N8O5. The number of rotatable bonds is 19. The summed E-state index contributed by atoms with van der Waals surface area (Å²) in [6.07, 6.45) is 0.746. The van der Waals surface area contributed by atoms with E-state index in [0.29, 0.717) is 73.4 Å². The van der Waals surface area contributed by atoms with Gasteiger partial charge in [-0.3, -0.25) is 14.4 Å². The molecule has 7 rings (SSSR count). The molecule has 0 bridgehead atoms. The van der Waals surface area contributed by atoms with Crippen molar-refractivity contribution < 1.29 is 37.0 Å². The highest BCUT2D eigenvalue weighted by atomic mass is 19.4. The van der Waals surface area contributed by atoms with E-state index in [-0.39, 0.29) is 48.0 Å². The molecule has 1 atom stereocenters. The van der Waals surface area contributed by atoms with E-state index in [1.165, 1.54) is 17.2 Å². The molecule has 1 aromatic heterocycles. The maximum atomic E-state index is 13.8. The molecule has 0 radical (unpaired) electrons.